The number of aromatic nitrogens is 2. The van der Waals surface area contributed by atoms with Crippen LogP contribution in [0.25, 0.3) is 22.0 Å². The molecule has 3 aromatic rings. The van der Waals surface area contributed by atoms with Gasteiger partial charge >= 0.3 is 6.18 Å². The maximum atomic E-state index is 13.0. The van der Waals surface area contributed by atoms with Crippen molar-refractivity contribution in [2.75, 3.05) is 18.4 Å². The molecule has 0 spiro atoms. The zero-order valence-corrected chi connectivity index (χ0v) is 18.8. The number of halogens is 3. The maximum absolute atomic E-state index is 13.0. The second kappa shape index (κ2) is 8.39. The molecule has 1 atom stereocenters. The number of hydrogen-bond acceptors (Lipinski definition) is 6. The molecule has 2 aromatic carbocycles. The molecule has 1 saturated heterocycles. The summed E-state index contributed by atoms with van der Waals surface area (Å²) in [6, 6.07) is 10.9. The molecule has 2 aliphatic rings. The van der Waals surface area contributed by atoms with Crippen molar-refractivity contribution in [1.29, 1.82) is 0 Å². The Morgan fingerprint density at radius 3 is 2.50 bits per heavy atom. The lowest BCUT2D eigenvalue weighted by Gasteiger charge is -2.49. The minimum atomic E-state index is -4.54. The van der Waals surface area contributed by atoms with Crippen LogP contribution in [0.15, 0.2) is 42.5 Å². The van der Waals surface area contributed by atoms with Crippen molar-refractivity contribution >= 4 is 16.6 Å². The van der Waals surface area contributed by atoms with Crippen LogP contribution in [0, 0.1) is 0 Å². The van der Waals surface area contributed by atoms with Crippen LogP contribution >= 0.6 is 0 Å². The number of hydrogen-bond donors (Lipinski definition) is 3. The van der Waals surface area contributed by atoms with Crippen molar-refractivity contribution in [1.82, 2.24) is 15.1 Å². The van der Waals surface area contributed by atoms with Gasteiger partial charge in [-0.05, 0) is 57.4 Å². The molecular weight excluding hydrogens is 445 g/mol. The number of piperidine rings is 1. The topological polar surface area (TPSA) is 81.5 Å². The summed E-state index contributed by atoms with van der Waals surface area (Å²) in [7, 11) is 0. The van der Waals surface area contributed by atoms with Crippen molar-refractivity contribution in [3.63, 3.8) is 0 Å². The first-order valence-corrected chi connectivity index (χ1v) is 11.5. The van der Waals surface area contributed by atoms with Crippen molar-refractivity contribution in [3.8, 4) is 17.0 Å². The molecule has 0 radical (unpaired) electrons. The highest BCUT2D eigenvalue weighted by Gasteiger charge is 2.42. The predicted molar refractivity (Wildman–Crippen MR) is 124 cm³/mol. The molecule has 1 aliphatic carbocycles. The molecule has 0 bridgehead atoms. The maximum Gasteiger partial charge on any atom is 0.416 e. The van der Waals surface area contributed by atoms with Gasteiger partial charge in [0, 0.05) is 35.0 Å². The van der Waals surface area contributed by atoms with Gasteiger partial charge in [0.25, 0.3) is 0 Å². The third kappa shape index (κ3) is 4.42. The van der Waals surface area contributed by atoms with E-state index in [0.29, 0.717) is 29.0 Å². The van der Waals surface area contributed by atoms with Gasteiger partial charge < -0.3 is 15.5 Å². The number of anilines is 1. The van der Waals surface area contributed by atoms with E-state index in [2.05, 4.69) is 20.4 Å². The van der Waals surface area contributed by atoms with Gasteiger partial charge in [-0.3, -0.25) is 4.90 Å². The summed E-state index contributed by atoms with van der Waals surface area (Å²) in [4.78, 5) is 2.42. The molecule has 9 heteroatoms. The third-order valence-corrected chi connectivity index (χ3v) is 6.93. The van der Waals surface area contributed by atoms with Crippen LogP contribution in [0.3, 0.4) is 0 Å². The van der Waals surface area contributed by atoms with E-state index in [9.17, 15) is 23.4 Å². The highest BCUT2D eigenvalue weighted by atomic mass is 19.4. The number of aliphatic hydroxyl groups is 1. The summed E-state index contributed by atoms with van der Waals surface area (Å²) in [5.74, 6) is 0.118. The fourth-order valence-electron chi connectivity index (χ4n) is 5.18. The van der Waals surface area contributed by atoms with Crippen LogP contribution in [0.1, 0.15) is 38.2 Å². The lowest BCUT2D eigenvalue weighted by molar-refractivity contribution is -0.137. The van der Waals surface area contributed by atoms with Gasteiger partial charge in [0.15, 0.2) is 5.82 Å². The molecule has 34 heavy (non-hydrogen) atoms. The summed E-state index contributed by atoms with van der Waals surface area (Å²) in [6.07, 6.45) is -0.946. The smallest absolute Gasteiger partial charge is 0.416 e. The van der Waals surface area contributed by atoms with Crippen LogP contribution < -0.4 is 5.32 Å². The van der Waals surface area contributed by atoms with E-state index in [1.165, 1.54) is 6.07 Å². The number of alkyl halides is 3. The Morgan fingerprint density at radius 1 is 1.09 bits per heavy atom. The van der Waals surface area contributed by atoms with Gasteiger partial charge in [0.2, 0.25) is 0 Å². The highest BCUT2D eigenvalue weighted by Crippen LogP contribution is 2.39. The summed E-state index contributed by atoms with van der Waals surface area (Å²) in [6.45, 7) is 3.73. The first kappa shape index (κ1) is 22.9. The van der Waals surface area contributed by atoms with Crippen LogP contribution in [0.2, 0.25) is 0 Å². The number of aromatic hydroxyl groups is 1. The highest BCUT2D eigenvalue weighted by molar-refractivity contribution is 6.00. The molecule has 3 N–H and O–H groups in total. The molecule has 1 aromatic heterocycles. The van der Waals surface area contributed by atoms with E-state index in [1.54, 1.807) is 0 Å². The molecule has 6 nitrogen and oxygen atoms in total. The van der Waals surface area contributed by atoms with Crippen molar-refractivity contribution in [2.24, 2.45) is 0 Å². The van der Waals surface area contributed by atoms with Gasteiger partial charge in [0.05, 0.1) is 11.2 Å². The average Bonchev–Trinajstić information content (AvgIpc) is 2.77. The standard InChI is InChI=1S/C25H27F3N4O2/c1-24(34)12-17(13-24)32-10-4-5-16(14-32)29-23-19-7-3-2-6-18(19)22(30-31-23)20-9-8-15(11-21(20)33)25(26,27)28/h2-3,6-9,11,16-17,33-34H,4-5,10,12-14H2,1H3,(H,29,31). The Balaban J connectivity index is 1.41. The zero-order chi connectivity index (χ0) is 24.1. The Kier molecular flexibility index (Phi) is 5.64. The summed E-state index contributed by atoms with van der Waals surface area (Å²) in [5, 5.41) is 34.1. The van der Waals surface area contributed by atoms with Crippen LogP contribution in [-0.2, 0) is 6.18 Å². The minimum absolute atomic E-state index is 0.169. The van der Waals surface area contributed by atoms with E-state index in [0.717, 1.165) is 50.2 Å². The Hall–Kier alpha value is -2.91. The van der Waals surface area contributed by atoms with E-state index in [4.69, 9.17) is 0 Å². The van der Waals surface area contributed by atoms with E-state index >= 15 is 0 Å². The number of phenols is 1. The molecule has 0 amide bonds. The largest absolute Gasteiger partial charge is 0.507 e. The molecule has 1 unspecified atom stereocenters. The first-order valence-electron chi connectivity index (χ1n) is 11.5. The molecule has 5 rings (SSSR count). The SMILES string of the molecule is CC1(O)CC(N2CCCC(Nc3nnc(-c4ccc(C(F)(F)F)cc4O)c4ccccc34)C2)C1. The van der Waals surface area contributed by atoms with Gasteiger partial charge in [-0.15, -0.1) is 10.2 Å². The van der Waals surface area contributed by atoms with Crippen molar-refractivity contribution in [2.45, 2.75) is 56.5 Å². The molecule has 2 heterocycles. The van der Waals surface area contributed by atoms with Crippen molar-refractivity contribution in [3.05, 3.63) is 48.0 Å². The van der Waals surface area contributed by atoms with E-state index < -0.39 is 23.1 Å². The zero-order valence-electron chi connectivity index (χ0n) is 18.8. The lowest BCUT2D eigenvalue weighted by atomic mass is 9.76. The second-order valence-electron chi connectivity index (χ2n) is 9.71. The predicted octanol–water partition coefficient (Wildman–Crippen LogP) is 4.81. The monoisotopic (exact) mass is 472 g/mol. The fourth-order valence-corrected chi connectivity index (χ4v) is 5.18. The first-order chi connectivity index (χ1) is 16.1. The lowest BCUT2D eigenvalue weighted by Crippen LogP contribution is -2.57. The number of phenolic OH excluding ortho intramolecular Hbond substituents is 1. The van der Waals surface area contributed by atoms with Gasteiger partial charge in [-0.1, -0.05) is 24.3 Å². The molecule has 180 valence electrons. The number of fused-ring (bicyclic) bond motifs is 1. The van der Waals surface area contributed by atoms with Crippen molar-refractivity contribution < 1.29 is 23.4 Å². The molecule has 2 fully saturated rings. The van der Waals surface area contributed by atoms with Gasteiger partial charge in [0.1, 0.15) is 11.4 Å². The quantitative estimate of drug-likeness (QED) is 0.506. The number of benzene rings is 2. The third-order valence-electron chi connectivity index (χ3n) is 6.93. The molecule has 1 aliphatic heterocycles. The van der Waals surface area contributed by atoms with E-state index in [-0.39, 0.29) is 11.6 Å². The summed E-state index contributed by atoms with van der Waals surface area (Å²) >= 11 is 0. The fraction of sp³-hybridized carbons (Fsp3) is 0.440. The second-order valence-corrected chi connectivity index (χ2v) is 9.71. The Labute approximate surface area is 195 Å². The van der Waals surface area contributed by atoms with Crippen LogP contribution in [-0.4, -0.2) is 56.1 Å². The minimum Gasteiger partial charge on any atom is -0.507 e. The number of nitrogens with one attached hydrogen (secondary N) is 1. The molecular formula is C25H27F3N4O2. The summed E-state index contributed by atoms with van der Waals surface area (Å²) < 4.78 is 39.0. The normalized spacial score (nSPS) is 25.8. The van der Waals surface area contributed by atoms with Gasteiger partial charge in [-0.2, -0.15) is 13.2 Å². The Bertz CT molecular complexity index is 1210. The summed E-state index contributed by atoms with van der Waals surface area (Å²) in [5.41, 5.74) is -0.954. The number of rotatable bonds is 4. The van der Waals surface area contributed by atoms with Gasteiger partial charge in [-0.25, -0.2) is 0 Å². The molecule has 1 saturated carbocycles. The van der Waals surface area contributed by atoms with E-state index in [1.807, 2.05) is 31.2 Å². The van der Waals surface area contributed by atoms with Crippen LogP contribution in [0.5, 0.6) is 5.75 Å². The Morgan fingerprint density at radius 2 is 1.82 bits per heavy atom. The average molecular weight is 473 g/mol. The van der Waals surface area contributed by atoms with Crippen LogP contribution in [0.4, 0.5) is 19.0 Å². The number of nitrogens with zero attached hydrogens (tertiary/aromatic N) is 3. The number of likely N-dealkylation sites (tertiary alicyclic amines) is 1.